The third-order valence-electron chi connectivity index (χ3n) is 3.44. The maximum Gasteiger partial charge on any atom is 0.237 e. The van der Waals surface area contributed by atoms with Crippen LogP contribution >= 0.6 is 11.6 Å². The Balaban J connectivity index is 2.50. The maximum atomic E-state index is 11.4. The van der Waals surface area contributed by atoms with Crippen LogP contribution in [-0.4, -0.2) is 42.4 Å². The third-order valence-corrected chi connectivity index (χ3v) is 3.63. The molecular formula is C11H21ClN2O. The molecule has 3 nitrogen and oxygen atoms in total. The summed E-state index contributed by atoms with van der Waals surface area (Å²) in [4.78, 5) is 13.6. The molecule has 0 aliphatic heterocycles. The van der Waals surface area contributed by atoms with Gasteiger partial charge in [0.05, 0.1) is 0 Å². The lowest BCUT2D eigenvalue weighted by molar-refractivity contribution is -0.121. The first-order chi connectivity index (χ1) is 6.98. The Morgan fingerprint density at radius 2 is 2.00 bits per heavy atom. The standard InChI is InChI=1S/C11H21ClN2O/c1-9(12)10(15)13-8-11(14(2)3)6-4-5-7-11/h9H,4-8H2,1-3H3,(H,13,15). The van der Waals surface area contributed by atoms with Gasteiger partial charge >= 0.3 is 0 Å². The zero-order valence-electron chi connectivity index (χ0n) is 9.85. The van der Waals surface area contributed by atoms with Gasteiger partial charge in [-0.25, -0.2) is 0 Å². The van der Waals surface area contributed by atoms with Gasteiger partial charge in [-0.3, -0.25) is 4.79 Å². The summed E-state index contributed by atoms with van der Waals surface area (Å²) in [6.45, 7) is 2.42. The molecule has 1 N–H and O–H groups in total. The van der Waals surface area contributed by atoms with Gasteiger partial charge in [-0.1, -0.05) is 12.8 Å². The smallest absolute Gasteiger partial charge is 0.237 e. The highest BCUT2D eigenvalue weighted by Gasteiger charge is 2.36. The Hall–Kier alpha value is -0.280. The number of likely N-dealkylation sites (N-methyl/N-ethyl adjacent to an activating group) is 1. The van der Waals surface area contributed by atoms with E-state index in [0.717, 1.165) is 19.4 Å². The monoisotopic (exact) mass is 232 g/mol. The van der Waals surface area contributed by atoms with Crippen LogP contribution in [0.5, 0.6) is 0 Å². The molecule has 1 fully saturated rings. The second-order valence-electron chi connectivity index (χ2n) is 4.66. The van der Waals surface area contributed by atoms with E-state index in [1.165, 1.54) is 12.8 Å². The fourth-order valence-electron chi connectivity index (χ4n) is 2.21. The zero-order chi connectivity index (χ0) is 11.5. The van der Waals surface area contributed by atoms with Crippen molar-refractivity contribution in [1.82, 2.24) is 10.2 Å². The number of rotatable bonds is 4. The van der Waals surface area contributed by atoms with E-state index in [1.54, 1.807) is 6.92 Å². The minimum atomic E-state index is -0.439. The highest BCUT2D eigenvalue weighted by atomic mass is 35.5. The predicted molar refractivity (Wildman–Crippen MR) is 63.2 cm³/mol. The number of carbonyl (C=O) groups excluding carboxylic acids is 1. The quantitative estimate of drug-likeness (QED) is 0.747. The van der Waals surface area contributed by atoms with Crippen molar-refractivity contribution in [2.24, 2.45) is 0 Å². The van der Waals surface area contributed by atoms with Crippen molar-refractivity contribution in [3.05, 3.63) is 0 Å². The fourth-order valence-corrected chi connectivity index (χ4v) is 2.28. The number of carbonyl (C=O) groups is 1. The van der Waals surface area contributed by atoms with Gasteiger partial charge in [0.1, 0.15) is 5.38 Å². The Kier molecular flexibility index (Phi) is 4.41. The van der Waals surface area contributed by atoms with Crippen molar-refractivity contribution in [2.45, 2.75) is 43.5 Å². The SMILES string of the molecule is CC(Cl)C(=O)NCC1(N(C)C)CCCC1. The Morgan fingerprint density at radius 1 is 1.47 bits per heavy atom. The maximum absolute atomic E-state index is 11.4. The van der Waals surface area contributed by atoms with Crippen molar-refractivity contribution < 1.29 is 4.79 Å². The Bertz CT molecular complexity index is 223. The summed E-state index contributed by atoms with van der Waals surface area (Å²) < 4.78 is 0. The van der Waals surface area contributed by atoms with E-state index in [4.69, 9.17) is 11.6 Å². The van der Waals surface area contributed by atoms with Gasteiger partial charge in [-0.2, -0.15) is 0 Å². The molecule has 4 heteroatoms. The molecule has 0 heterocycles. The highest BCUT2D eigenvalue weighted by Crippen LogP contribution is 2.33. The van der Waals surface area contributed by atoms with Crippen LogP contribution in [0.3, 0.4) is 0 Å². The zero-order valence-corrected chi connectivity index (χ0v) is 10.6. The lowest BCUT2D eigenvalue weighted by Gasteiger charge is -2.36. The van der Waals surface area contributed by atoms with Crippen LogP contribution < -0.4 is 5.32 Å². The van der Waals surface area contributed by atoms with Gasteiger partial charge in [0.25, 0.3) is 0 Å². The molecule has 0 aromatic carbocycles. The largest absolute Gasteiger partial charge is 0.353 e. The van der Waals surface area contributed by atoms with Crippen molar-refractivity contribution >= 4 is 17.5 Å². The van der Waals surface area contributed by atoms with Crippen molar-refractivity contribution in [1.29, 1.82) is 0 Å². The molecule has 1 amide bonds. The van der Waals surface area contributed by atoms with E-state index in [2.05, 4.69) is 24.3 Å². The number of halogens is 1. The predicted octanol–water partition coefficient (Wildman–Crippen LogP) is 1.60. The summed E-state index contributed by atoms with van der Waals surface area (Å²) >= 11 is 5.71. The molecule has 1 unspecified atom stereocenters. The molecule has 1 atom stereocenters. The molecule has 1 saturated carbocycles. The summed E-state index contributed by atoms with van der Waals surface area (Å²) in [6, 6.07) is 0. The number of amides is 1. The van der Waals surface area contributed by atoms with Crippen LogP contribution in [0.15, 0.2) is 0 Å². The summed E-state index contributed by atoms with van der Waals surface area (Å²) in [7, 11) is 4.17. The van der Waals surface area contributed by atoms with E-state index in [0.29, 0.717) is 0 Å². The van der Waals surface area contributed by atoms with Crippen molar-refractivity contribution in [2.75, 3.05) is 20.6 Å². The number of hydrogen-bond acceptors (Lipinski definition) is 2. The van der Waals surface area contributed by atoms with Gasteiger partial charge in [0.2, 0.25) is 5.91 Å². The van der Waals surface area contributed by atoms with E-state index in [-0.39, 0.29) is 11.4 Å². The highest BCUT2D eigenvalue weighted by molar-refractivity contribution is 6.30. The molecule has 15 heavy (non-hydrogen) atoms. The summed E-state index contributed by atoms with van der Waals surface area (Å²) in [5.41, 5.74) is 0.154. The van der Waals surface area contributed by atoms with Gasteiger partial charge in [0, 0.05) is 12.1 Å². The first kappa shape index (κ1) is 12.8. The first-order valence-corrected chi connectivity index (χ1v) is 6.01. The van der Waals surface area contributed by atoms with E-state index < -0.39 is 5.38 Å². The molecule has 0 radical (unpaired) electrons. The second-order valence-corrected chi connectivity index (χ2v) is 5.31. The van der Waals surface area contributed by atoms with Crippen LogP contribution in [0.25, 0.3) is 0 Å². The van der Waals surface area contributed by atoms with Crippen LogP contribution in [0.4, 0.5) is 0 Å². The van der Waals surface area contributed by atoms with Gasteiger partial charge in [-0.05, 0) is 33.9 Å². The number of hydrogen-bond donors (Lipinski definition) is 1. The van der Waals surface area contributed by atoms with Crippen molar-refractivity contribution in [3.63, 3.8) is 0 Å². The van der Waals surface area contributed by atoms with E-state index in [1.807, 2.05) is 0 Å². The first-order valence-electron chi connectivity index (χ1n) is 5.57. The molecule has 1 rings (SSSR count). The molecule has 1 aliphatic rings. The van der Waals surface area contributed by atoms with Gasteiger partial charge in [0.15, 0.2) is 0 Å². The number of nitrogens with zero attached hydrogens (tertiary/aromatic N) is 1. The van der Waals surface area contributed by atoms with Gasteiger partial charge < -0.3 is 10.2 Å². The molecule has 0 spiro atoms. The minimum Gasteiger partial charge on any atom is -0.353 e. The Morgan fingerprint density at radius 3 is 2.40 bits per heavy atom. The molecule has 0 bridgehead atoms. The molecule has 88 valence electrons. The summed E-state index contributed by atoms with van der Waals surface area (Å²) in [5.74, 6) is -0.0650. The third kappa shape index (κ3) is 3.08. The summed E-state index contributed by atoms with van der Waals surface area (Å²) in [6.07, 6.45) is 4.84. The average molecular weight is 233 g/mol. The fraction of sp³-hybridized carbons (Fsp3) is 0.909. The Labute approximate surface area is 97.2 Å². The van der Waals surface area contributed by atoms with Crippen LogP contribution in [0.1, 0.15) is 32.6 Å². The topological polar surface area (TPSA) is 32.3 Å². The lowest BCUT2D eigenvalue weighted by atomic mass is 9.96. The van der Waals surface area contributed by atoms with Gasteiger partial charge in [-0.15, -0.1) is 11.6 Å². The van der Waals surface area contributed by atoms with E-state index >= 15 is 0 Å². The lowest BCUT2D eigenvalue weighted by Crippen LogP contribution is -2.51. The molecule has 0 saturated heterocycles. The average Bonchev–Trinajstić information content (AvgIpc) is 2.63. The van der Waals surface area contributed by atoms with Crippen molar-refractivity contribution in [3.8, 4) is 0 Å². The molecule has 0 aromatic heterocycles. The number of nitrogens with one attached hydrogen (secondary N) is 1. The molecule has 1 aliphatic carbocycles. The second kappa shape index (κ2) is 5.17. The molecule has 0 aromatic rings. The van der Waals surface area contributed by atoms with Crippen LogP contribution in [0.2, 0.25) is 0 Å². The minimum absolute atomic E-state index is 0.0650. The number of alkyl halides is 1. The normalized spacial score (nSPS) is 21.7. The summed E-state index contributed by atoms with van der Waals surface area (Å²) in [5, 5.41) is 2.49. The van der Waals surface area contributed by atoms with Crippen LogP contribution in [-0.2, 0) is 4.79 Å². The van der Waals surface area contributed by atoms with Crippen LogP contribution in [0, 0.1) is 0 Å². The molecular weight excluding hydrogens is 212 g/mol. The van der Waals surface area contributed by atoms with E-state index in [9.17, 15) is 4.79 Å².